The summed E-state index contributed by atoms with van der Waals surface area (Å²) in [5.41, 5.74) is 3.81. The Morgan fingerprint density at radius 2 is 1.52 bits per heavy atom. The summed E-state index contributed by atoms with van der Waals surface area (Å²) >= 11 is 0. The van der Waals surface area contributed by atoms with Crippen molar-refractivity contribution in [2.75, 3.05) is 6.61 Å². The van der Waals surface area contributed by atoms with E-state index in [9.17, 15) is 19.5 Å². The van der Waals surface area contributed by atoms with E-state index < -0.39 is 35.5 Å². The molecule has 2 aromatic carbocycles. The predicted molar refractivity (Wildman–Crippen MR) is 126 cm³/mol. The van der Waals surface area contributed by atoms with Gasteiger partial charge in [-0.1, -0.05) is 82.6 Å². The summed E-state index contributed by atoms with van der Waals surface area (Å²) < 4.78 is 5.57. The molecule has 0 heterocycles. The highest BCUT2D eigenvalue weighted by atomic mass is 16.5. The van der Waals surface area contributed by atoms with E-state index in [1.54, 1.807) is 20.8 Å². The zero-order valence-corrected chi connectivity index (χ0v) is 19.6. The summed E-state index contributed by atoms with van der Waals surface area (Å²) in [4.78, 5) is 37.0. The summed E-state index contributed by atoms with van der Waals surface area (Å²) in [6.07, 6.45) is 0.203. The average molecular weight is 453 g/mol. The molecule has 33 heavy (non-hydrogen) atoms. The molecule has 0 bridgehead atoms. The molecule has 0 saturated heterocycles. The van der Waals surface area contributed by atoms with Crippen LogP contribution >= 0.6 is 0 Å². The highest BCUT2D eigenvalue weighted by Crippen LogP contribution is 2.44. The Kier molecular flexibility index (Phi) is 7.41. The van der Waals surface area contributed by atoms with Crippen LogP contribution in [0.15, 0.2) is 48.5 Å². The maximum Gasteiger partial charge on any atom is 0.407 e. The first-order chi connectivity index (χ1) is 15.6. The Hall–Kier alpha value is -3.35. The summed E-state index contributed by atoms with van der Waals surface area (Å²) in [6, 6.07) is 14.1. The molecule has 176 valence electrons. The van der Waals surface area contributed by atoms with E-state index in [-0.39, 0.29) is 12.5 Å². The SMILES string of the molecule is CCC[C@H](NC(=O)[C@@H](NC(=O)OCC1c2ccccc2-c2ccccc21)C(C)(C)C)C(=O)O. The average Bonchev–Trinajstić information content (AvgIpc) is 3.08. The van der Waals surface area contributed by atoms with Crippen LogP contribution in [0, 0.1) is 5.41 Å². The minimum atomic E-state index is -1.10. The number of carboxylic acid groups (broad SMARTS) is 1. The number of carboxylic acids is 1. The van der Waals surface area contributed by atoms with Crippen molar-refractivity contribution in [3.8, 4) is 11.1 Å². The molecule has 2 aromatic rings. The number of nitrogens with one attached hydrogen (secondary N) is 2. The first kappa shape index (κ1) is 24.3. The number of ether oxygens (including phenoxy) is 1. The Bertz CT molecular complexity index is 982. The van der Waals surface area contributed by atoms with E-state index >= 15 is 0 Å². The fourth-order valence-corrected chi connectivity index (χ4v) is 4.23. The number of hydrogen-bond donors (Lipinski definition) is 3. The summed E-state index contributed by atoms with van der Waals surface area (Å²) in [5, 5.41) is 14.6. The molecule has 3 N–H and O–H groups in total. The second kappa shape index (κ2) is 10.1. The molecule has 0 fully saturated rings. The van der Waals surface area contributed by atoms with Crippen LogP contribution in [0.4, 0.5) is 4.79 Å². The molecule has 0 spiro atoms. The number of carbonyl (C=O) groups excluding carboxylic acids is 2. The maximum absolute atomic E-state index is 12.9. The Balaban J connectivity index is 1.69. The van der Waals surface area contributed by atoms with Crippen LogP contribution in [0.3, 0.4) is 0 Å². The molecule has 0 aliphatic heterocycles. The van der Waals surface area contributed by atoms with Crippen molar-refractivity contribution < 1.29 is 24.2 Å². The van der Waals surface area contributed by atoms with Crippen LogP contribution in [0.25, 0.3) is 11.1 Å². The van der Waals surface area contributed by atoms with Gasteiger partial charge in [0.05, 0.1) is 0 Å². The van der Waals surface area contributed by atoms with Gasteiger partial charge in [-0.05, 0) is 34.1 Å². The molecule has 2 atom stereocenters. The zero-order chi connectivity index (χ0) is 24.2. The highest BCUT2D eigenvalue weighted by molar-refractivity contribution is 5.90. The van der Waals surface area contributed by atoms with Crippen LogP contribution in [0.1, 0.15) is 57.6 Å². The first-order valence-corrected chi connectivity index (χ1v) is 11.3. The van der Waals surface area contributed by atoms with Crippen LogP contribution in [-0.2, 0) is 14.3 Å². The lowest BCUT2D eigenvalue weighted by Gasteiger charge is -2.31. The second-order valence-corrected chi connectivity index (χ2v) is 9.46. The Morgan fingerprint density at radius 1 is 0.970 bits per heavy atom. The van der Waals surface area contributed by atoms with Gasteiger partial charge < -0.3 is 20.5 Å². The van der Waals surface area contributed by atoms with E-state index in [2.05, 4.69) is 22.8 Å². The van der Waals surface area contributed by atoms with Crippen LogP contribution in [0.2, 0.25) is 0 Å². The lowest BCUT2D eigenvalue weighted by molar-refractivity contribution is -0.142. The van der Waals surface area contributed by atoms with E-state index in [0.29, 0.717) is 12.8 Å². The third-order valence-corrected chi connectivity index (χ3v) is 5.93. The standard InChI is InChI=1S/C26H32N2O5/c1-5-10-21(24(30)31)27-23(29)22(26(2,3)4)28-25(32)33-15-20-18-13-8-6-11-16(18)17-12-7-9-14-19(17)20/h6-9,11-14,20-22H,5,10,15H2,1-4H3,(H,27,29)(H,28,32)(H,30,31)/t21-,22+/m0/s1. The molecule has 7 nitrogen and oxygen atoms in total. The molecule has 2 amide bonds. The van der Waals surface area contributed by atoms with Gasteiger partial charge in [0.25, 0.3) is 0 Å². The van der Waals surface area contributed by atoms with Crippen LogP contribution < -0.4 is 10.6 Å². The van der Waals surface area contributed by atoms with E-state index in [1.807, 2.05) is 43.3 Å². The molecule has 3 rings (SSSR count). The predicted octanol–water partition coefficient (Wildman–Crippen LogP) is 4.31. The second-order valence-electron chi connectivity index (χ2n) is 9.46. The molecule has 0 radical (unpaired) electrons. The lowest BCUT2D eigenvalue weighted by atomic mass is 9.86. The number of carbonyl (C=O) groups is 3. The van der Waals surface area contributed by atoms with Crippen molar-refractivity contribution in [2.45, 2.75) is 58.5 Å². The molecule has 7 heteroatoms. The number of alkyl carbamates (subject to hydrolysis) is 1. The van der Waals surface area contributed by atoms with Gasteiger partial charge in [0.2, 0.25) is 5.91 Å². The van der Waals surface area contributed by atoms with Gasteiger partial charge in [0, 0.05) is 5.92 Å². The molecule has 1 aliphatic carbocycles. The topological polar surface area (TPSA) is 105 Å². The van der Waals surface area contributed by atoms with E-state index in [0.717, 1.165) is 22.3 Å². The zero-order valence-electron chi connectivity index (χ0n) is 19.6. The number of hydrogen-bond acceptors (Lipinski definition) is 4. The van der Waals surface area contributed by atoms with Crippen LogP contribution in [0.5, 0.6) is 0 Å². The first-order valence-electron chi connectivity index (χ1n) is 11.3. The fourth-order valence-electron chi connectivity index (χ4n) is 4.23. The number of fused-ring (bicyclic) bond motifs is 3. The van der Waals surface area contributed by atoms with E-state index in [4.69, 9.17) is 4.74 Å². The van der Waals surface area contributed by atoms with Gasteiger partial charge >= 0.3 is 12.1 Å². The quantitative estimate of drug-likeness (QED) is 0.554. The molecule has 0 aromatic heterocycles. The summed E-state index contributed by atoms with van der Waals surface area (Å²) in [6.45, 7) is 7.38. The van der Waals surface area contributed by atoms with Crippen molar-refractivity contribution in [1.29, 1.82) is 0 Å². The van der Waals surface area contributed by atoms with Gasteiger partial charge in [-0.25, -0.2) is 9.59 Å². The monoisotopic (exact) mass is 452 g/mol. The smallest absolute Gasteiger partial charge is 0.407 e. The molecule has 1 aliphatic rings. The van der Waals surface area contributed by atoms with Crippen molar-refractivity contribution >= 4 is 18.0 Å². The van der Waals surface area contributed by atoms with Crippen molar-refractivity contribution in [3.05, 3.63) is 59.7 Å². The summed E-state index contributed by atoms with van der Waals surface area (Å²) in [5.74, 6) is -1.73. The lowest BCUT2D eigenvalue weighted by Crippen LogP contribution is -2.56. The minimum Gasteiger partial charge on any atom is -0.480 e. The van der Waals surface area contributed by atoms with E-state index in [1.165, 1.54) is 0 Å². The maximum atomic E-state index is 12.9. The minimum absolute atomic E-state index is 0.0917. The summed E-state index contributed by atoms with van der Waals surface area (Å²) in [7, 11) is 0. The van der Waals surface area contributed by atoms with Gasteiger partial charge in [-0.2, -0.15) is 0 Å². The van der Waals surface area contributed by atoms with Gasteiger partial charge in [0.15, 0.2) is 0 Å². The third kappa shape index (κ3) is 5.53. The van der Waals surface area contributed by atoms with Gasteiger partial charge in [0.1, 0.15) is 18.7 Å². The van der Waals surface area contributed by atoms with Gasteiger partial charge in [-0.15, -0.1) is 0 Å². The largest absolute Gasteiger partial charge is 0.480 e. The Labute approximate surface area is 194 Å². The van der Waals surface area contributed by atoms with Gasteiger partial charge in [-0.3, -0.25) is 4.79 Å². The molecular formula is C26H32N2O5. The van der Waals surface area contributed by atoms with Crippen molar-refractivity contribution in [3.63, 3.8) is 0 Å². The number of aliphatic carboxylic acids is 1. The fraction of sp³-hybridized carbons (Fsp3) is 0.423. The highest BCUT2D eigenvalue weighted by Gasteiger charge is 2.36. The number of benzene rings is 2. The molecule has 0 unspecified atom stereocenters. The normalized spacial score (nSPS) is 14.5. The molecular weight excluding hydrogens is 420 g/mol. The Morgan fingerprint density at radius 3 is 2.00 bits per heavy atom. The number of amides is 2. The third-order valence-electron chi connectivity index (χ3n) is 5.93. The van der Waals surface area contributed by atoms with Crippen molar-refractivity contribution in [1.82, 2.24) is 10.6 Å². The van der Waals surface area contributed by atoms with Crippen molar-refractivity contribution in [2.24, 2.45) is 5.41 Å². The van der Waals surface area contributed by atoms with Crippen LogP contribution in [-0.4, -0.2) is 41.8 Å². The number of rotatable bonds is 8. The molecule has 0 saturated carbocycles.